The molecule has 1 aliphatic carbocycles. The quantitative estimate of drug-likeness (QED) is 0.795. The van der Waals surface area contributed by atoms with E-state index in [2.05, 4.69) is 0 Å². The monoisotopic (exact) mass is 327 g/mol. The highest BCUT2D eigenvalue weighted by molar-refractivity contribution is 5.80. The zero-order chi connectivity index (χ0) is 17.1. The molecule has 7 heteroatoms. The molecule has 0 atom stereocenters. The summed E-state index contributed by atoms with van der Waals surface area (Å²) in [6.07, 6.45) is 1.26. The van der Waals surface area contributed by atoms with E-state index in [4.69, 9.17) is 9.47 Å². The molecule has 3 heterocycles. The van der Waals surface area contributed by atoms with Gasteiger partial charge in [0, 0.05) is 13.1 Å². The molecule has 2 N–H and O–H groups in total. The van der Waals surface area contributed by atoms with Gasteiger partial charge in [0.1, 0.15) is 11.0 Å². The standard InChI is InChI=1S/C16H25NO6/c1-13(2,3)22-12(21)17-6-4-16(5-7-17)15(11(19)20)8-14(9-15,10-18)23-16/h18H,4-10H2,1-3H3,(H,19,20). The van der Waals surface area contributed by atoms with E-state index in [0.29, 0.717) is 38.8 Å². The van der Waals surface area contributed by atoms with Crippen LogP contribution in [0.25, 0.3) is 0 Å². The Morgan fingerprint density at radius 1 is 1.22 bits per heavy atom. The number of piperidine rings is 1. The van der Waals surface area contributed by atoms with Gasteiger partial charge in [-0.1, -0.05) is 0 Å². The van der Waals surface area contributed by atoms with Crippen molar-refractivity contribution < 1.29 is 29.3 Å². The van der Waals surface area contributed by atoms with Crippen LogP contribution in [0.1, 0.15) is 46.5 Å². The Bertz CT molecular complexity index is 523. The molecule has 0 unspecified atom stereocenters. The van der Waals surface area contributed by atoms with E-state index in [1.807, 2.05) is 20.8 Å². The molecule has 0 aromatic carbocycles. The topological polar surface area (TPSA) is 96.3 Å². The van der Waals surface area contributed by atoms with E-state index in [1.165, 1.54) is 0 Å². The molecule has 4 fully saturated rings. The highest BCUT2D eigenvalue weighted by Gasteiger charge is 2.78. The van der Waals surface area contributed by atoms with Crippen molar-refractivity contribution in [3.8, 4) is 0 Å². The van der Waals surface area contributed by atoms with Crippen LogP contribution < -0.4 is 0 Å². The molecule has 1 saturated carbocycles. The fraction of sp³-hybridized carbons (Fsp3) is 0.875. The van der Waals surface area contributed by atoms with Crippen LogP contribution in [0, 0.1) is 5.41 Å². The highest BCUT2D eigenvalue weighted by Crippen LogP contribution is 2.69. The number of aliphatic hydroxyl groups excluding tert-OH is 1. The number of aliphatic carboxylic acids is 1. The van der Waals surface area contributed by atoms with Crippen molar-refractivity contribution in [2.24, 2.45) is 5.41 Å². The summed E-state index contributed by atoms with van der Waals surface area (Å²) >= 11 is 0. The van der Waals surface area contributed by atoms with Crippen LogP contribution in [0.5, 0.6) is 0 Å². The van der Waals surface area contributed by atoms with Crippen molar-refractivity contribution in [2.75, 3.05) is 19.7 Å². The predicted octanol–water partition coefficient (Wildman–Crippen LogP) is 1.38. The van der Waals surface area contributed by atoms with Gasteiger partial charge < -0.3 is 24.6 Å². The Kier molecular flexibility index (Phi) is 3.47. The van der Waals surface area contributed by atoms with Crippen LogP contribution >= 0.6 is 0 Å². The average Bonchev–Trinajstić information content (AvgIpc) is 2.82. The number of carboxylic acids is 1. The molecule has 1 spiro atoms. The minimum atomic E-state index is -0.921. The number of carbonyl (C=O) groups excluding carboxylic acids is 1. The first kappa shape index (κ1) is 16.5. The van der Waals surface area contributed by atoms with Crippen LogP contribution in [0.3, 0.4) is 0 Å². The number of rotatable bonds is 2. The summed E-state index contributed by atoms with van der Waals surface area (Å²) in [5, 5.41) is 19.2. The fourth-order valence-corrected chi connectivity index (χ4v) is 4.40. The largest absolute Gasteiger partial charge is 0.481 e. The van der Waals surface area contributed by atoms with E-state index >= 15 is 0 Å². The molecule has 0 aromatic rings. The van der Waals surface area contributed by atoms with E-state index in [1.54, 1.807) is 4.90 Å². The van der Waals surface area contributed by atoms with E-state index in [-0.39, 0.29) is 12.7 Å². The Hall–Kier alpha value is -1.34. The first-order valence-corrected chi connectivity index (χ1v) is 8.10. The molecule has 3 aliphatic heterocycles. The summed E-state index contributed by atoms with van der Waals surface area (Å²) in [5.74, 6) is -0.857. The lowest BCUT2D eigenvalue weighted by Gasteiger charge is -2.47. The van der Waals surface area contributed by atoms with Crippen molar-refractivity contribution in [3.63, 3.8) is 0 Å². The van der Waals surface area contributed by atoms with Crippen LogP contribution in [0.15, 0.2) is 0 Å². The second-order valence-electron chi connectivity index (χ2n) is 8.15. The fourth-order valence-electron chi connectivity index (χ4n) is 4.40. The SMILES string of the molecule is CC(C)(C)OC(=O)N1CCC2(CC1)OC1(CO)CC2(C(=O)O)C1. The molecule has 130 valence electrons. The van der Waals surface area contributed by atoms with Gasteiger partial charge in [-0.25, -0.2) is 4.79 Å². The van der Waals surface area contributed by atoms with Gasteiger partial charge in [-0.2, -0.15) is 0 Å². The maximum Gasteiger partial charge on any atom is 0.410 e. The first-order chi connectivity index (χ1) is 10.6. The molecular formula is C16H25NO6. The smallest absolute Gasteiger partial charge is 0.410 e. The lowest BCUT2D eigenvalue weighted by atomic mass is 9.54. The average molecular weight is 327 g/mol. The number of aliphatic hydroxyl groups is 1. The molecule has 0 radical (unpaired) electrons. The third-order valence-electron chi connectivity index (χ3n) is 5.45. The van der Waals surface area contributed by atoms with Gasteiger partial charge in [0.05, 0.1) is 17.8 Å². The maximum absolute atomic E-state index is 12.1. The van der Waals surface area contributed by atoms with Crippen molar-refractivity contribution >= 4 is 12.1 Å². The highest BCUT2D eigenvalue weighted by atomic mass is 16.6. The third-order valence-corrected chi connectivity index (χ3v) is 5.45. The lowest BCUT2D eigenvalue weighted by Crippen LogP contribution is -2.58. The van der Waals surface area contributed by atoms with Gasteiger partial charge in [0.25, 0.3) is 0 Å². The number of likely N-dealkylation sites (tertiary alicyclic amines) is 1. The van der Waals surface area contributed by atoms with Gasteiger partial charge in [0.2, 0.25) is 0 Å². The molecular weight excluding hydrogens is 302 g/mol. The number of nitrogens with zero attached hydrogens (tertiary/aromatic N) is 1. The number of carboxylic acid groups (broad SMARTS) is 1. The van der Waals surface area contributed by atoms with Crippen LogP contribution in [0.4, 0.5) is 4.79 Å². The van der Waals surface area contributed by atoms with Crippen molar-refractivity contribution in [3.05, 3.63) is 0 Å². The van der Waals surface area contributed by atoms with E-state index in [0.717, 1.165) is 0 Å². The van der Waals surface area contributed by atoms with Crippen LogP contribution in [0.2, 0.25) is 0 Å². The number of amides is 1. The van der Waals surface area contributed by atoms with Gasteiger partial charge in [-0.15, -0.1) is 0 Å². The number of ether oxygens (including phenoxy) is 2. The minimum Gasteiger partial charge on any atom is -0.481 e. The number of hydrogen-bond acceptors (Lipinski definition) is 5. The normalized spacial score (nSPS) is 35.0. The van der Waals surface area contributed by atoms with Crippen molar-refractivity contribution in [2.45, 2.75) is 63.3 Å². The van der Waals surface area contributed by atoms with E-state index in [9.17, 15) is 19.8 Å². The lowest BCUT2D eigenvalue weighted by molar-refractivity contribution is -0.160. The molecule has 0 aromatic heterocycles. The zero-order valence-electron chi connectivity index (χ0n) is 13.9. The van der Waals surface area contributed by atoms with Crippen molar-refractivity contribution in [1.82, 2.24) is 4.90 Å². The van der Waals surface area contributed by atoms with Gasteiger partial charge in [-0.3, -0.25) is 4.79 Å². The first-order valence-electron chi connectivity index (χ1n) is 8.10. The van der Waals surface area contributed by atoms with Crippen LogP contribution in [-0.4, -0.2) is 63.7 Å². The minimum absolute atomic E-state index is 0.153. The molecule has 3 saturated heterocycles. The van der Waals surface area contributed by atoms with Gasteiger partial charge in [0.15, 0.2) is 0 Å². The second kappa shape index (κ2) is 4.83. The summed E-state index contributed by atoms with van der Waals surface area (Å²) in [5.41, 5.74) is -2.96. The Labute approximate surface area is 135 Å². The van der Waals surface area contributed by atoms with Crippen LogP contribution in [-0.2, 0) is 14.3 Å². The summed E-state index contributed by atoms with van der Waals surface area (Å²) in [6.45, 7) is 6.11. The maximum atomic E-state index is 12.1. The molecule has 23 heavy (non-hydrogen) atoms. The van der Waals surface area contributed by atoms with Crippen molar-refractivity contribution in [1.29, 1.82) is 0 Å². The van der Waals surface area contributed by atoms with E-state index < -0.39 is 28.2 Å². The zero-order valence-corrected chi connectivity index (χ0v) is 13.9. The summed E-state index contributed by atoms with van der Waals surface area (Å²) < 4.78 is 11.5. The third kappa shape index (κ3) is 2.32. The Morgan fingerprint density at radius 3 is 2.22 bits per heavy atom. The van der Waals surface area contributed by atoms with Gasteiger partial charge in [-0.05, 0) is 46.5 Å². The predicted molar refractivity (Wildman–Crippen MR) is 80.0 cm³/mol. The Balaban J connectivity index is 1.71. The molecule has 4 rings (SSSR count). The Morgan fingerprint density at radius 2 is 1.78 bits per heavy atom. The molecule has 7 nitrogen and oxygen atoms in total. The summed E-state index contributed by atoms with van der Waals surface area (Å²) in [4.78, 5) is 25.6. The molecule has 4 aliphatic rings. The van der Waals surface area contributed by atoms with Gasteiger partial charge >= 0.3 is 12.1 Å². The summed E-state index contributed by atoms with van der Waals surface area (Å²) in [6, 6.07) is 0. The second-order valence-corrected chi connectivity index (χ2v) is 8.15. The number of carbonyl (C=O) groups is 2. The molecule has 2 bridgehead atoms. The number of hydrogen-bond donors (Lipinski definition) is 2. The summed E-state index contributed by atoms with van der Waals surface area (Å²) in [7, 11) is 0. The molecule has 1 amide bonds.